The Morgan fingerprint density at radius 1 is 1.55 bits per heavy atom. The molecule has 0 radical (unpaired) electrons. The van der Waals surface area contributed by atoms with Crippen molar-refractivity contribution in [2.24, 2.45) is 5.92 Å². The molecule has 0 amide bonds. The number of esters is 1. The Bertz CT molecular complexity index is 117. The summed E-state index contributed by atoms with van der Waals surface area (Å²) < 4.78 is 4.90. The second-order valence-corrected chi connectivity index (χ2v) is 3.26. The van der Waals surface area contributed by atoms with Crippen molar-refractivity contribution in [1.29, 1.82) is 0 Å². The predicted octanol–water partition coefficient (Wildman–Crippen LogP) is 1.42. The first-order valence-electron chi connectivity index (χ1n) is 3.58. The van der Waals surface area contributed by atoms with E-state index in [1.807, 2.05) is 6.92 Å². The summed E-state index contributed by atoms with van der Waals surface area (Å²) in [6, 6.07) is 0. The Kier molecular flexibility index (Phi) is 6.96. The Labute approximate surface area is 78.5 Å². The first-order valence-corrected chi connectivity index (χ1v) is 4.84. The summed E-state index contributed by atoms with van der Waals surface area (Å²) in [6.07, 6.45) is 0.391. The quantitative estimate of drug-likeness (QED) is 0.511. The van der Waals surface area contributed by atoms with Crippen LogP contribution in [0.25, 0.3) is 0 Å². The maximum atomic E-state index is 10.8. The monoisotopic (exact) mass is 194 g/mol. The largest absolute Gasteiger partial charge is 0.465 e. The van der Waals surface area contributed by atoms with E-state index in [0.717, 1.165) is 5.75 Å². The molecule has 0 bridgehead atoms. The molecule has 0 aliphatic rings. The summed E-state index contributed by atoms with van der Waals surface area (Å²) in [6.45, 7) is 2.46. The van der Waals surface area contributed by atoms with Gasteiger partial charge in [-0.2, -0.15) is 25.3 Å². The van der Waals surface area contributed by atoms with Crippen LogP contribution in [0.5, 0.6) is 0 Å². The second-order valence-electron chi connectivity index (χ2n) is 2.44. The molecule has 0 rings (SSSR count). The standard InChI is InChI=1S/C7H14O2S2/c1-6(5-11)4-9-7(8)2-3-10/h6,10-11H,2-5H2,1H3. The minimum absolute atomic E-state index is 0.173. The molecule has 11 heavy (non-hydrogen) atoms. The lowest BCUT2D eigenvalue weighted by molar-refractivity contribution is -0.144. The van der Waals surface area contributed by atoms with Gasteiger partial charge in [0.2, 0.25) is 0 Å². The lowest BCUT2D eigenvalue weighted by Crippen LogP contribution is -2.12. The summed E-state index contributed by atoms with van der Waals surface area (Å²) in [5.74, 6) is 1.46. The first kappa shape index (κ1) is 11.2. The Morgan fingerprint density at radius 2 is 2.18 bits per heavy atom. The molecule has 0 aliphatic heterocycles. The molecule has 0 N–H and O–H groups in total. The van der Waals surface area contributed by atoms with Crippen molar-refractivity contribution in [2.45, 2.75) is 13.3 Å². The molecule has 0 fully saturated rings. The van der Waals surface area contributed by atoms with Crippen LogP contribution >= 0.6 is 25.3 Å². The van der Waals surface area contributed by atoms with Gasteiger partial charge in [-0.05, 0) is 11.7 Å². The minimum Gasteiger partial charge on any atom is -0.465 e. The van der Waals surface area contributed by atoms with Crippen LogP contribution < -0.4 is 0 Å². The number of hydrogen-bond acceptors (Lipinski definition) is 4. The van der Waals surface area contributed by atoms with Gasteiger partial charge in [0.1, 0.15) is 0 Å². The van der Waals surface area contributed by atoms with E-state index in [4.69, 9.17) is 4.74 Å². The van der Waals surface area contributed by atoms with Crippen molar-refractivity contribution >= 4 is 31.2 Å². The maximum absolute atomic E-state index is 10.8. The van der Waals surface area contributed by atoms with Gasteiger partial charge in [-0.3, -0.25) is 4.79 Å². The van der Waals surface area contributed by atoms with Gasteiger partial charge >= 0.3 is 5.97 Å². The van der Waals surface area contributed by atoms with Crippen LogP contribution in [-0.2, 0) is 9.53 Å². The molecular formula is C7H14O2S2. The summed E-state index contributed by atoms with van der Waals surface area (Å²) in [7, 11) is 0. The fourth-order valence-corrected chi connectivity index (χ4v) is 0.739. The van der Waals surface area contributed by atoms with Crippen molar-refractivity contribution in [1.82, 2.24) is 0 Å². The van der Waals surface area contributed by atoms with Gasteiger partial charge in [0.05, 0.1) is 13.0 Å². The van der Waals surface area contributed by atoms with Crippen molar-refractivity contribution in [3.8, 4) is 0 Å². The molecule has 66 valence electrons. The number of ether oxygens (including phenoxy) is 1. The van der Waals surface area contributed by atoms with Crippen LogP contribution in [0.3, 0.4) is 0 Å². The maximum Gasteiger partial charge on any atom is 0.306 e. The van der Waals surface area contributed by atoms with Crippen LogP contribution in [0.1, 0.15) is 13.3 Å². The average molecular weight is 194 g/mol. The normalized spacial score (nSPS) is 12.6. The van der Waals surface area contributed by atoms with Crippen LogP contribution in [0.4, 0.5) is 0 Å². The van der Waals surface area contributed by atoms with E-state index in [2.05, 4.69) is 25.3 Å². The van der Waals surface area contributed by atoms with Gasteiger partial charge in [0.15, 0.2) is 0 Å². The van der Waals surface area contributed by atoms with Gasteiger partial charge in [0.25, 0.3) is 0 Å². The lowest BCUT2D eigenvalue weighted by Gasteiger charge is -2.07. The molecule has 0 spiro atoms. The third-order valence-electron chi connectivity index (χ3n) is 1.16. The van der Waals surface area contributed by atoms with Crippen molar-refractivity contribution in [2.75, 3.05) is 18.1 Å². The molecule has 0 aliphatic carbocycles. The SMILES string of the molecule is CC(CS)COC(=O)CCS. The Morgan fingerprint density at radius 3 is 2.64 bits per heavy atom. The number of hydrogen-bond donors (Lipinski definition) is 2. The van der Waals surface area contributed by atoms with Crippen molar-refractivity contribution in [3.05, 3.63) is 0 Å². The topological polar surface area (TPSA) is 26.3 Å². The highest BCUT2D eigenvalue weighted by atomic mass is 32.1. The highest BCUT2D eigenvalue weighted by Crippen LogP contribution is 1.99. The van der Waals surface area contributed by atoms with E-state index in [1.165, 1.54) is 0 Å². The van der Waals surface area contributed by atoms with Gasteiger partial charge in [-0.1, -0.05) is 6.92 Å². The fraction of sp³-hybridized carbons (Fsp3) is 0.857. The van der Waals surface area contributed by atoms with E-state index < -0.39 is 0 Å². The number of carbonyl (C=O) groups excluding carboxylic acids is 1. The summed E-state index contributed by atoms with van der Waals surface area (Å²) >= 11 is 7.98. The molecule has 2 nitrogen and oxygen atoms in total. The minimum atomic E-state index is -0.173. The molecule has 0 heterocycles. The third-order valence-corrected chi connectivity index (χ3v) is 2.00. The van der Waals surface area contributed by atoms with Gasteiger partial charge in [0, 0.05) is 5.75 Å². The van der Waals surface area contributed by atoms with Crippen LogP contribution in [0.2, 0.25) is 0 Å². The predicted molar refractivity (Wildman–Crippen MR) is 52.4 cm³/mol. The molecule has 0 aromatic heterocycles. The molecular weight excluding hydrogens is 180 g/mol. The van der Waals surface area contributed by atoms with E-state index in [0.29, 0.717) is 24.7 Å². The van der Waals surface area contributed by atoms with Crippen LogP contribution in [0.15, 0.2) is 0 Å². The lowest BCUT2D eigenvalue weighted by atomic mass is 10.2. The average Bonchev–Trinajstić information content (AvgIpc) is 2.01. The molecule has 0 aromatic carbocycles. The summed E-state index contributed by atoms with van der Waals surface area (Å²) in [5, 5.41) is 0. The molecule has 0 saturated carbocycles. The van der Waals surface area contributed by atoms with Crippen LogP contribution in [-0.4, -0.2) is 24.1 Å². The third kappa shape index (κ3) is 6.56. The Balaban J connectivity index is 3.30. The second kappa shape index (κ2) is 6.85. The zero-order valence-corrected chi connectivity index (χ0v) is 8.41. The summed E-state index contributed by atoms with van der Waals surface area (Å²) in [5.41, 5.74) is 0. The molecule has 1 atom stereocenters. The number of carbonyl (C=O) groups is 1. The van der Waals surface area contributed by atoms with Crippen molar-refractivity contribution in [3.63, 3.8) is 0 Å². The zero-order chi connectivity index (χ0) is 8.69. The summed E-state index contributed by atoms with van der Waals surface area (Å²) in [4.78, 5) is 10.8. The number of rotatable bonds is 5. The molecule has 1 unspecified atom stereocenters. The smallest absolute Gasteiger partial charge is 0.306 e. The van der Waals surface area contributed by atoms with Crippen molar-refractivity contribution < 1.29 is 9.53 Å². The van der Waals surface area contributed by atoms with Gasteiger partial charge < -0.3 is 4.74 Å². The highest BCUT2D eigenvalue weighted by Gasteiger charge is 2.04. The Hall–Kier alpha value is 0.170. The highest BCUT2D eigenvalue weighted by molar-refractivity contribution is 7.80. The molecule has 4 heteroatoms. The first-order chi connectivity index (χ1) is 5.20. The van der Waals surface area contributed by atoms with E-state index in [9.17, 15) is 4.79 Å². The van der Waals surface area contributed by atoms with E-state index in [-0.39, 0.29) is 5.97 Å². The van der Waals surface area contributed by atoms with Gasteiger partial charge in [-0.15, -0.1) is 0 Å². The van der Waals surface area contributed by atoms with Gasteiger partial charge in [-0.25, -0.2) is 0 Å². The number of thiol groups is 2. The van der Waals surface area contributed by atoms with E-state index >= 15 is 0 Å². The molecule has 0 aromatic rings. The van der Waals surface area contributed by atoms with E-state index in [1.54, 1.807) is 0 Å². The van der Waals surface area contributed by atoms with Crippen LogP contribution in [0, 0.1) is 5.92 Å². The molecule has 0 saturated heterocycles. The fourth-order valence-electron chi connectivity index (χ4n) is 0.451. The zero-order valence-electron chi connectivity index (χ0n) is 6.62.